The molecule has 2 heterocycles. The number of Topliss-reactive ketones (excluding diaryl/α,β-unsaturated/α-hetero) is 1. The Morgan fingerprint density at radius 3 is 2.45 bits per heavy atom. The Kier molecular flexibility index (Phi) is 4.30. The first-order valence-corrected chi connectivity index (χ1v) is 9.69. The summed E-state index contributed by atoms with van der Waals surface area (Å²) in [6.45, 7) is 0.515. The third kappa shape index (κ3) is 3.15. The predicted molar refractivity (Wildman–Crippen MR) is 113 cm³/mol. The fourth-order valence-corrected chi connectivity index (χ4v) is 3.85. The van der Waals surface area contributed by atoms with Crippen molar-refractivity contribution >= 4 is 5.78 Å². The van der Waals surface area contributed by atoms with Crippen LogP contribution in [-0.2, 0) is 13.0 Å². The zero-order valence-corrected chi connectivity index (χ0v) is 15.9. The molecular formula is C24H20N4O. The standard InChI is InChI=1S/C24H20N4O/c25-14-16-1-5-20(6-2-16)28-15-22(24(27-28)17-9-11-26-12-10-17)19-3-7-21-18(13-19)4-8-23(21)29/h1-3,5-7,9-13,15H,4,8,14,25H2. The van der Waals surface area contributed by atoms with Crippen molar-refractivity contribution in [3.8, 4) is 28.1 Å². The van der Waals surface area contributed by atoms with Gasteiger partial charge in [0.05, 0.1) is 5.69 Å². The first kappa shape index (κ1) is 17.5. The molecular weight excluding hydrogens is 360 g/mol. The number of hydrogen-bond donors (Lipinski definition) is 1. The molecule has 1 aliphatic rings. The molecule has 0 aliphatic heterocycles. The number of fused-ring (bicyclic) bond motifs is 1. The van der Waals surface area contributed by atoms with Crippen LogP contribution in [0.4, 0.5) is 0 Å². The number of carbonyl (C=O) groups is 1. The summed E-state index contributed by atoms with van der Waals surface area (Å²) in [6, 6.07) is 18.1. The second kappa shape index (κ2) is 7.11. The minimum absolute atomic E-state index is 0.233. The van der Waals surface area contributed by atoms with Crippen molar-refractivity contribution in [3.05, 3.63) is 89.9 Å². The van der Waals surface area contributed by atoms with Gasteiger partial charge < -0.3 is 5.73 Å². The summed E-state index contributed by atoms with van der Waals surface area (Å²) in [5.74, 6) is 0.233. The van der Waals surface area contributed by atoms with E-state index in [0.29, 0.717) is 13.0 Å². The normalized spacial score (nSPS) is 12.9. The lowest BCUT2D eigenvalue weighted by molar-refractivity contribution is 0.0994. The number of aromatic nitrogens is 3. The third-order valence-corrected chi connectivity index (χ3v) is 5.44. The number of rotatable bonds is 4. The van der Waals surface area contributed by atoms with Gasteiger partial charge in [-0.2, -0.15) is 5.10 Å². The number of nitrogens with zero attached hydrogens (tertiary/aromatic N) is 3. The maximum Gasteiger partial charge on any atom is 0.163 e. The summed E-state index contributed by atoms with van der Waals surface area (Å²) in [7, 11) is 0. The summed E-state index contributed by atoms with van der Waals surface area (Å²) in [5, 5.41) is 4.88. The second-order valence-electron chi connectivity index (χ2n) is 7.24. The van der Waals surface area contributed by atoms with Crippen LogP contribution in [0.3, 0.4) is 0 Å². The topological polar surface area (TPSA) is 73.8 Å². The van der Waals surface area contributed by atoms with Gasteiger partial charge in [-0.15, -0.1) is 0 Å². The van der Waals surface area contributed by atoms with Crippen molar-refractivity contribution in [2.45, 2.75) is 19.4 Å². The van der Waals surface area contributed by atoms with Crippen LogP contribution in [0.5, 0.6) is 0 Å². The smallest absolute Gasteiger partial charge is 0.163 e. The summed E-state index contributed by atoms with van der Waals surface area (Å²) in [4.78, 5) is 16.1. The van der Waals surface area contributed by atoms with Gasteiger partial charge in [-0.25, -0.2) is 4.68 Å². The minimum atomic E-state index is 0.233. The molecule has 0 bridgehead atoms. The molecule has 2 aromatic heterocycles. The van der Waals surface area contributed by atoms with Crippen molar-refractivity contribution < 1.29 is 4.79 Å². The highest BCUT2D eigenvalue weighted by Gasteiger charge is 2.21. The van der Waals surface area contributed by atoms with Gasteiger partial charge >= 0.3 is 0 Å². The van der Waals surface area contributed by atoms with Gasteiger partial charge in [0.25, 0.3) is 0 Å². The average molecular weight is 380 g/mol. The molecule has 0 fully saturated rings. The van der Waals surface area contributed by atoms with Gasteiger partial charge in [-0.05, 0) is 47.4 Å². The van der Waals surface area contributed by atoms with E-state index < -0.39 is 0 Å². The van der Waals surface area contributed by atoms with Crippen molar-refractivity contribution in [1.82, 2.24) is 14.8 Å². The van der Waals surface area contributed by atoms with Gasteiger partial charge in [-0.3, -0.25) is 9.78 Å². The van der Waals surface area contributed by atoms with Gasteiger partial charge in [-0.1, -0.05) is 30.3 Å². The Morgan fingerprint density at radius 1 is 0.897 bits per heavy atom. The van der Waals surface area contributed by atoms with Crippen LogP contribution in [0.25, 0.3) is 28.1 Å². The van der Waals surface area contributed by atoms with E-state index >= 15 is 0 Å². The quantitative estimate of drug-likeness (QED) is 0.576. The molecule has 1 aliphatic carbocycles. The highest BCUT2D eigenvalue weighted by Crippen LogP contribution is 2.34. The molecule has 0 radical (unpaired) electrons. The van der Waals surface area contributed by atoms with E-state index in [9.17, 15) is 4.79 Å². The number of carbonyl (C=O) groups excluding carboxylic acids is 1. The van der Waals surface area contributed by atoms with Gasteiger partial charge in [0, 0.05) is 48.2 Å². The fourth-order valence-electron chi connectivity index (χ4n) is 3.85. The molecule has 142 valence electrons. The average Bonchev–Trinajstić information content (AvgIpc) is 3.38. The first-order valence-electron chi connectivity index (χ1n) is 9.69. The highest BCUT2D eigenvalue weighted by molar-refractivity contribution is 6.01. The van der Waals surface area contributed by atoms with Crippen molar-refractivity contribution in [3.63, 3.8) is 0 Å². The Hall–Kier alpha value is -3.57. The van der Waals surface area contributed by atoms with Crippen LogP contribution in [0, 0.1) is 0 Å². The van der Waals surface area contributed by atoms with Crippen molar-refractivity contribution in [2.75, 3.05) is 0 Å². The van der Waals surface area contributed by atoms with Crippen molar-refractivity contribution in [2.24, 2.45) is 5.73 Å². The lowest BCUT2D eigenvalue weighted by Crippen LogP contribution is -1.98. The zero-order chi connectivity index (χ0) is 19.8. The Bertz CT molecular complexity index is 1190. The van der Waals surface area contributed by atoms with E-state index in [1.165, 1.54) is 0 Å². The SMILES string of the molecule is NCc1ccc(-n2cc(-c3ccc4c(c3)CCC4=O)c(-c3ccncc3)n2)cc1. The zero-order valence-electron chi connectivity index (χ0n) is 15.9. The number of benzene rings is 2. The van der Waals surface area contributed by atoms with E-state index in [1.54, 1.807) is 12.4 Å². The molecule has 0 saturated heterocycles. The lowest BCUT2D eigenvalue weighted by atomic mass is 9.98. The molecule has 5 rings (SSSR count). The predicted octanol–water partition coefficient (Wildman–Crippen LogP) is 4.19. The monoisotopic (exact) mass is 380 g/mol. The number of aryl methyl sites for hydroxylation is 1. The molecule has 29 heavy (non-hydrogen) atoms. The van der Waals surface area contributed by atoms with Gasteiger partial charge in [0.1, 0.15) is 5.69 Å². The molecule has 0 atom stereocenters. The van der Waals surface area contributed by atoms with Crippen LogP contribution < -0.4 is 5.73 Å². The molecule has 2 aromatic carbocycles. The molecule has 0 saturated carbocycles. The number of pyridine rings is 1. The van der Waals surface area contributed by atoms with Crippen LogP contribution in [0.2, 0.25) is 0 Å². The van der Waals surface area contributed by atoms with Crippen LogP contribution in [-0.4, -0.2) is 20.5 Å². The van der Waals surface area contributed by atoms with E-state index in [0.717, 1.165) is 51.2 Å². The van der Waals surface area contributed by atoms with E-state index in [2.05, 4.69) is 11.1 Å². The second-order valence-corrected chi connectivity index (χ2v) is 7.24. The Labute approximate surface area is 168 Å². The van der Waals surface area contributed by atoms with Gasteiger partial charge in [0.2, 0.25) is 0 Å². The Morgan fingerprint density at radius 2 is 1.69 bits per heavy atom. The summed E-state index contributed by atoms with van der Waals surface area (Å²) >= 11 is 0. The largest absolute Gasteiger partial charge is 0.326 e. The van der Waals surface area contributed by atoms with E-state index in [1.807, 2.05) is 59.4 Å². The molecule has 0 spiro atoms. The number of ketones is 1. The van der Waals surface area contributed by atoms with E-state index in [-0.39, 0.29) is 5.78 Å². The highest BCUT2D eigenvalue weighted by atomic mass is 16.1. The number of nitrogens with two attached hydrogens (primary N) is 1. The van der Waals surface area contributed by atoms with E-state index in [4.69, 9.17) is 10.8 Å². The fraction of sp³-hybridized carbons (Fsp3) is 0.125. The maximum absolute atomic E-state index is 12.0. The summed E-state index contributed by atoms with van der Waals surface area (Å²) < 4.78 is 1.89. The number of hydrogen-bond acceptors (Lipinski definition) is 4. The van der Waals surface area contributed by atoms with Gasteiger partial charge in [0.15, 0.2) is 5.78 Å². The molecule has 2 N–H and O–H groups in total. The molecule has 5 heteroatoms. The minimum Gasteiger partial charge on any atom is -0.326 e. The third-order valence-electron chi connectivity index (χ3n) is 5.44. The van der Waals surface area contributed by atoms with Crippen LogP contribution in [0.1, 0.15) is 27.9 Å². The molecule has 0 unspecified atom stereocenters. The first-order chi connectivity index (χ1) is 14.2. The Balaban J connectivity index is 1.65. The lowest BCUT2D eigenvalue weighted by Gasteiger charge is -2.05. The molecule has 4 aromatic rings. The van der Waals surface area contributed by atoms with Crippen LogP contribution >= 0.6 is 0 Å². The van der Waals surface area contributed by atoms with Crippen LogP contribution in [0.15, 0.2) is 73.2 Å². The maximum atomic E-state index is 12.0. The van der Waals surface area contributed by atoms with Crippen molar-refractivity contribution in [1.29, 1.82) is 0 Å². The summed E-state index contributed by atoms with van der Waals surface area (Å²) in [6.07, 6.45) is 7.00. The summed E-state index contributed by atoms with van der Waals surface area (Å²) in [5.41, 5.74) is 13.7. The molecule has 0 amide bonds. The molecule has 5 nitrogen and oxygen atoms in total.